The molecular weight excluding hydrogens is 350 g/mol. The molecule has 144 valence electrons. The molecule has 0 unspecified atom stereocenters. The van der Waals surface area contributed by atoms with Crippen LogP contribution in [0.1, 0.15) is 54.4 Å². The highest BCUT2D eigenvalue weighted by Gasteiger charge is 2.24. The number of nitrogens with zero attached hydrogens (tertiary/aromatic N) is 1. The molecule has 2 N–H and O–H groups in total. The third kappa shape index (κ3) is 5.21. The van der Waals surface area contributed by atoms with Gasteiger partial charge in [-0.15, -0.1) is 12.4 Å². The molecule has 5 nitrogen and oxygen atoms in total. The van der Waals surface area contributed by atoms with E-state index in [2.05, 4.69) is 10.6 Å². The molecule has 0 radical (unpaired) electrons. The Kier molecular flexibility index (Phi) is 7.91. The number of rotatable bonds is 5. The van der Waals surface area contributed by atoms with Gasteiger partial charge in [-0.05, 0) is 69.7 Å². The van der Waals surface area contributed by atoms with Gasteiger partial charge >= 0.3 is 0 Å². The smallest absolute Gasteiger partial charge is 0.256 e. The van der Waals surface area contributed by atoms with Gasteiger partial charge in [0, 0.05) is 19.5 Å². The van der Waals surface area contributed by atoms with E-state index >= 15 is 0 Å². The Morgan fingerprint density at radius 1 is 1.19 bits per heavy atom. The maximum Gasteiger partial charge on any atom is 0.256 e. The van der Waals surface area contributed by atoms with Crippen LogP contribution >= 0.6 is 12.4 Å². The number of carbonyl (C=O) groups is 2. The minimum atomic E-state index is 0. The highest BCUT2D eigenvalue weighted by atomic mass is 35.5. The van der Waals surface area contributed by atoms with Crippen LogP contribution < -0.4 is 10.6 Å². The number of nitrogens with one attached hydrogen (secondary N) is 2. The van der Waals surface area contributed by atoms with Gasteiger partial charge in [-0.3, -0.25) is 9.59 Å². The highest BCUT2D eigenvalue weighted by molar-refractivity contribution is 6.04. The van der Waals surface area contributed by atoms with Gasteiger partial charge in [-0.25, -0.2) is 0 Å². The Morgan fingerprint density at radius 3 is 2.58 bits per heavy atom. The first kappa shape index (κ1) is 20.7. The summed E-state index contributed by atoms with van der Waals surface area (Å²) >= 11 is 0. The second-order valence-electron chi connectivity index (χ2n) is 7.28. The standard InChI is InChI=1S/C20H29N3O2.ClH/c1-15-5-4-6-17(19(15)20(25)23-13-2-3-14-23)22-18(24)8-7-16-9-11-21-12-10-16;/h4-6,16,21H,2-3,7-14H2,1H3,(H,22,24);1H. The van der Waals surface area contributed by atoms with Crippen molar-refractivity contribution in [1.29, 1.82) is 0 Å². The van der Waals surface area contributed by atoms with Crippen LogP contribution in [-0.4, -0.2) is 42.9 Å². The summed E-state index contributed by atoms with van der Waals surface area (Å²) in [5.74, 6) is 0.694. The third-order valence-electron chi connectivity index (χ3n) is 5.39. The molecule has 0 saturated carbocycles. The highest BCUT2D eigenvalue weighted by Crippen LogP contribution is 2.24. The van der Waals surface area contributed by atoms with Gasteiger partial charge in [0.2, 0.25) is 5.91 Å². The van der Waals surface area contributed by atoms with Crippen LogP contribution in [0.15, 0.2) is 18.2 Å². The van der Waals surface area contributed by atoms with Crippen molar-refractivity contribution in [1.82, 2.24) is 10.2 Å². The summed E-state index contributed by atoms with van der Waals surface area (Å²) in [6, 6.07) is 5.69. The van der Waals surface area contributed by atoms with Crippen LogP contribution in [0, 0.1) is 12.8 Å². The summed E-state index contributed by atoms with van der Waals surface area (Å²) in [5, 5.41) is 6.35. The largest absolute Gasteiger partial charge is 0.339 e. The van der Waals surface area contributed by atoms with Crippen LogP contribution in [0.4, 0.5) is 5.69 Å². The zero-order chi connectivity index (χ0) is 17.6. The number of amides is 2. The van der Waals surface area contributed by atoms with Crippen molar-refractivity contribution >= 4 is 29.9 Å². The van der Waals surface area contributed by atoms with Crippen LogP contribution in [0.3, 0.4) is 0 Å². The average Bonchev–Trinajstić information content (AvgIpc) is 3.15. The lowest BCUT2D eigenvalue weighted by atomic mass is 9.93. The molecule has 2 amide bonds. The molecule has 0 atom stereocenters. The van der Waals surface area contributed by atoms with Crippen molar-refractivity contribution in [3.63, 3.8) is 0 Å². The topological polar surface area (TPSA) is 61.4 Å². The van der Waals surface area contributed by atoms with Crippen LogP contribution in [-0.2, 0) is 4.79 Å². The summed E-state index contributed by atoms with van der Waals surface area (Å²) in [7, 11) is 0. The van der Waals surface area contributed by atoms with Gasteiger partial charge in [-0.1, -0.05) is 12.1 Å². The Hall–Kier alpha value is -1.59. The molecule has 3 rings (SSSR count). The second-order valence-corrected chi connectivity index (χ2v) is 7.28. The van der Waals surface area contributed by atoms with E-state index in [0.29, 0.717) is 23.6 Å². The lowest BCUT2D eigenvalue weighted by molar-refractivity contribution is -0.116. The van der Waals surface area contributed by atoms with Crippen molar-refractivity contribution in [2.45, 2.75) is 45.4 Å². The van der Waals surface area contributed by atoms with E-state index in [1.807, 2.05) is 30.0 Å². The molecule has 26 heavy (non-hydrogen) atoms. The van der Waals surface area contributed by atoms with E-state index < -0.39 is 0 Å². The molecule has 2 aliphatic heterocycles. The Morgan fingerprint density at radius 2 is 1.88 bits per heavy atom. The summed E-state index contributed by atoms with van der Waals surface area (Å²) in [6.07, 6.45) is 5.88. The van der Waals surface area contributed by atoms with Gasteiger partial charge in [0.05, 0.1) is 11.3 Å². The first-order valence-electron chi connectivity index (χ1n) is 9.54. The molecule has 0 bridgehead atoms. The molecule has 0 aromatic heterocycles. The fourth-order valence-electron chi connectivity index (χ4n) is 3.85. The van der Waals surface area contributed by atoms with E-state index in [1.54, 1.807) is 0 Å². The summed E-state index contributed by atoms with van der Waals surface area (Å²) in [5.41, 5.74) is 2.24. The number of benzene rings is 1. The third-order valence-corrected chi connectivity index (χ3v) is 5.39. The van der Waals surface area contributed by atoms with Gasteiger partial charge in [0.1, 0.15) is 0 Å². The van der Waals surface area contributed by atoms with Gasteiger partial charge in [-0.2, -0.15) is 0 Å². The van der Waals surface area contributed by atoms with Gasteiger partial charge in [0.25, 0.3) is 5.91 Å². The van der Waals surface area contributed by atoms with E-state index in [-0.39, 0.29) is 24.2 Å². The Labute approximate surface area is 162 Å². The molecule has 2 saturated heterocycles. The molecule has 0 aliphatic carbocycles. The van der Waals surface area contributed by atoms with Crippen LogP contribution in [0.2, 0.25) is 0 Å². The number of anilines is 1. The summed E-state index contributed by atoms with van der Waals surface area (Å²) in [6.45, 7) is 5.68. The number of likely N-dealkylation sites (tertiary alicyclic amines) is 1. The van der Waals surface area contributed by atoms with Crippen molar-refractivity contribution in [2.75, 3.05) is 31.5 Å². The zero-order valence-electron chi connectivity index (χ0n) is 15.6. The van der Waals surface area contributed by atoms with Gasteiger partial charge < -0.3 is 15.5 Å². The van der Waals surface area contributed by atoms with Crippen LogP contribution in [0.5, 0.6) is 0 Å². The number of hydrogen-bond acceptors (Lipinski definition) is 3. The molecular formula is C20H30ClN3O2. The minimum Gasteiger partial charge on any atom is -0.339 e. The predicted molar refractivity (Wildman–Crippen MR) is 107 cm³/mol. The molecule has 2 fully saturated rings. The maximum atomic E-state index is 12.8. The minimum absolute atomic E-state index is 0. The quantitative estimate of drug-likeness (QED) is 0.824. The SMILES string of the molecule is Cc1cccc(NC(=O)CCC2CCNCC2)c1C(=O)N1CCCC1.Cl. The molecule has 2 aliphatic rings. The lowest BCUT2D eigenvalue weighted by Gasteiger charge is -2.22. The maximum absolute atomic E-state index is 12.8. The molecule has 2 heterocycles. The Balaban J connectivity index is 0.00000243. The summed E-state index contributed by atoms with van der Waals surface area (Å²) < 4.78 is 0. The molecule has 1 aromatic rings. The van der Waals surface area contributed by atoms with Gasteiger partial charge in [0.15, 0.2) is 0 Å². The number of piperidine rings is 1. The van der Waals surface area contributed by atoms with E-state index in [1.165, 1.54) is 0 Å². The van der Waals surface area contributed by atoms with Crippen LogP contribution in [0.25, 0.3) is 0 Å². The number of hydrogen-bond donors (Lipinski definition) is 2. The number of carbonyl (C=O) groups excluding carboxylic acids is 2. The average molecular weight is 380 g/mol. The van der Waals surface area contributed by atoms with Crippen molar-refractivity contribution in [3.8, 4) is 0 Å². The first-order valence-corrected chi connectivity index (χ1v) is 9.54. The summed E-state index contributed by atoms with van der Waals surface area (Å²) in [4.78, 5) is 27.1. The van der Waals surface area contributed by atoms with E-state index in [4.69, 9.17) is 0 Å². The monoisotopic (exact) mass is 379 g/mol. The van der Waals surface area contributed by atoms with Crippen molar-refractivity contribution in [3.05, 3.63) is 29.3 Å². The fraction of sp³-hybridized carbons (Fsp3) is 0.600. The van der Waals surface area contributed by atoms with E-state index in [0.717, 1.165) is 63.8 Å². The van der Waals surface area contributed by atoms with Crippen molar-refractivity contribution < 1.29 is 9.59 Å². The normalized spacial score (nSPS) is 17.7. The fourth-order valence-corrected chi connectivity index (χ4v) is 3.85. The zero-order valence-corrected chi connectivity index (χ0v) is 16.4. The predicted octanol–water partition coefficient (Wildman–Crippen LogP) is 3.37. The molecule has 0 spiro atoms. The Bertz CT molecular complexity index is 623. The van der Waals surface area contributed by atoms with E-state index in [9.17, 15) is 9.59 Å². The number of aryl methyl sites for hydroxylation is 1. The molecule has 1 aromatic carbocycles. The number of halogens is 1. The lowest BCUT2D eigenvalue weighted by Crippen LogP contribution is -2.30. The second kappa shape index (κ2) is 9.93. The first-order chi connectivity index (χ1) is 12.1. The van der Waals surface area contributed by atoms with Crippen molar-refractivity contribution in [2.24, 2.45) is 5.92 Å². The molecule has 6 heteroatoms.